The molecule has 3 nitrogen and oxygen atoms in total. The molecule has 16 heavy (non-hydrogen) atoms. The van der Waals surface area contributed by atoms with Crippen LogP contribution >= 0.6 is 0 Å². The van der Waals surface area contributed by atoms with Gasteiger partial charge in [-0.05, 0) is 25.3 Å². The molecule has 0 aliphatic heterocycles. The van der Waals surface area contributed by atoms with Gasteiger partial charge in [0.05, 0.1) is 5.92 Å². The Labute approximate surface area is 98.8 Å². The van der Waals surface area contributed by atoms with Crippen molar-refractivity contribution in [1.82, 2.24) is 4.90 Å². The van der Waals surface area contributed by atoms with E-state index in [1.807, 2.05) is 0 Å². The van der Waals surface area contributed by atoms with Crippen molar-refractivity contribution in [3.05, 3.63) is 0 Å². The Balaban J connectivity index is 2.32. The Kier molecular flexibility index (Phi) is 5.81. The second kappa shape index (κ2) is 6.89. The number of carboxylic acids is 1. The molecule has 0 aromatic carbocycles. The lowest BCUT2D eigenvalue weighted by Gasteiger charge is -2.29. The van der Waals surface area contributed by atoms with Crippen molar-refractivity contribution in [2.75, 3.05) is 19.6 Å². The van der Waals surface area contributed by atoms with E-state index in [9.17, 15) is 4.79 Å². The van der Waals surface area contributed by atoms with E-state index in [-0.39, 0.29) is 5.92 Å². The van der Waals surface area contributed by atoms with Crippen molar-refractivity contribution in [1.29, 1.82) is 0 Å². The quantitative estimate of drug-likeness (QED) is 0.758. The van der Waals surface area contributed by atoms with E-state index in [2.05, 4.69) is 11.8 Å². The molecule has 1 rings (SSSR count). The number of hydrogen-bond acceptors (Lipinski definition) is 2. The molecule has 3 heteroatoms. The van der Waals surface area contributed by atoms with Gasteiger partial charge in [0.25, 0.3) is 0 Å². The number of aliphatic carboxylic acids is 1. The van der Waals surface area contributed by atoms with Crippen LogP contribution < -0.4 is 0 Å². The van der Waals surface area contributed by atoms with Gasteiger partial charge in [0.1, 0.15) is 0 Å². The zero-order valence-electron chi connectivity index (χ0n) is 10.6. The molecule has 0 radical (unpaired) electrons. The van der Waals surface area contributed by atoms with Crippen molar-refractivity contribution < 1.29 is 9.90 Å². The largest absolute Gasteiger partial charge is 0.481 e. The lowest BCUT2D eigenvalue weighted by Crippen LogP contribution is -2.36. The van der Waals surface area contributed by atoms with Gasteiger partial charge in [-0.25, -0.2) is 0 Å². The zero-order chi connectivity index (χ0) is 12.0. The van der Waals surface area contributed by atoms with E-state index in [0.717, 1.165) is 19.0 Å². The Hall–Kier alpha value is -0.570. The summed E-state index contributed by atoms with van der Waals surface area (Å²) in [5.41, 5.74) is 0. The van der Waals surface area contributed by atoms with Crippen LogP contribution in [0.1, 0.15) is 46.0 Å². The molecular weight excluding hydrogens is 202 g/mol. The van der Waals surface area contributed by atoms with Gasteiger partial charge in [0.15, 0.2) is 0 Å². The molecule has 0 amide bonds. The molecule has 1 unspecified atom stereocenters. The second-order valence-corrected chi connectivity index (χ2v) is 5.10. The van der Waals surface area contributed by atoms with E-state index in [1.165, 1.54) is 32.1 Å². The summed E-state index contributed by atoms with van der Waals surface area (Å²) in [5.74, 6) is -0.125. The Morgan fingerprint density at radius 3 is 2.50 bits per heavy atom. The first-order chi connectivity index (χ1) is 7.63. The van der Waals surface area contributed by atoms with Gasteiger partial charge >= 0.3 is 5.97 Å². The first kappa shape index (κ1) is 13.5. The van der Waals surface area contributed by atoms with Crippen LogP contribution in [0.2, 0.25) is 0 Å². The molecule has 0 saturated heterocycles. The third kappa shape index (κ3) is 4.52. The number of hydrogen-bond donors (Lipinski definition) is 1. The molecule has 0 aromatic rings. The SMILES string of the molecule is CCN(CC1CCCCC1)CC(C)C(=O)O. The summed E-state index contributed by atoms with van der Waals surface area (Å²) in [6.07, 6.45) is 6.76. The molecule has 0 heterocycles. The minimum atomic E-state index is -0.679. The maximum Gasteiger partial charge on any atom is 0.307 e. The van der Waals surface area contributed by atoms with Crippen LogP contribution in [-0.2, 0) is 4.79 Å². The van der Waals surface area contributed by atoms with Gasteiger partial charge in [-0.1, -0.05) is 33.1 Å². The van der Waals surface area contributed by atoms with Crippen molar-refractivity contribution >= 4 is 5.97 Å². The highest BCUT2D eigenvalue weighted by molar-refractivity contribution is 5.69. The Morgan fingerprint density at radius 1 is 1.38 bits per heavy atom. The van der Waals surface area contributed by atoms with E-state index in [1.54, 1.807) is 6.92 Å². The maximum atomic E-state index is 10.8. The molecule has 0 spiro atoms. The molecule has 0 aromatic heterocycles. The molecule has 94 valence electrons. The molecule has 0 bridgehead atoms. The highest BCUT2D eigenvalue weighted by atomic mass is 16.4. The van der Waals surface area contributed by atoms with E-state index < -0.39 is 5.97 Å². The predicted molar refractivity (Wildman–Crippen MR) is 65.5 cm³/mol. The number of rotatable bonds is 6. The zero-order valence-corrected chi connectivity index (χ0v) is 10.6. The van der Waals surface area contributed by atoms with Crippen LogP contribution in [0, 0.1) is 11.8 Å². The van der Waals surface area contributed by atoms with Gasteiger partial charge < -0.3 is 10.0 Å². The summed E-state index contributed by atoms with van der Waals surface area (Å²) in [5, 5.41) is 8.91. The predicted octanol–water partition coefficient (Wildman–Crippen LogP) is 2.61. The van der Waals surface area contributed by atoms with Crippen LogP contribution in [0.4, 0.5) is 0 Å². The summed E-state index contributed by atoms with van der Waals surface area (Å²) >= 11 is 0. The third-order valence-electron chi connectivity index (χ3n) is 3.64. The fourth-order valence-corrected chi connectivity index (χ4v) is 2.53. The van der Waals surface area contributed by atoms with Crippen LogP contribution in [0.5, 0.6) is 0 Å². The molecular formula is C13H25NO2. The Morgan fingerprint density at radius 2 is 2.00 bits per heavy atom. The number of carboxylic acid groups (broad SMARTS) is 1. The van der Waals surface area contributed by atoms with E-state index in [0.29, 0.717) is 6.54 Å². The van der Waals surface area contributed by atoms with Crippen LogP contribution in [0.25, 0.3) is 0 Å². The van der Waals surface area contributed by atoms with E-state index in [4.69, 9.17) is 5.11 Å². The fraction of sp³-hybridized carbons (Fsp3) is 0.923. The smallest absolute Gasteiger partial charge is 0.307 e. The molecule has 1 aliphatic carbocycles. The lowest BCUT2D eigenvalue weighted by atomic mass is 9.89. The Bertz CT molecular complexity index is 212. The highest BCUT2D eigenvalue weighted by Crippen LogP contribution is 2.24. The number of carbonyl (C=O) groups is 1. The van der Waals surface area contributed by atoms with Crippen molar-refractivity contribution in [2.24, 2.45) is 11.8 Å². The fourth-order valence-electron chi connectivity index (χ4n) is 2.53. The monoisotopic (exact) mass is 227 g/mol. The molecule has 1 saturated carbocycles. The van der Waals surface area contributed by atoms with Crippen molar-refractivity contribution in [2.45, 2.75) is 46.0 Å². The van der Waals surface area contributed by atoms with E-state index >= 15 is 0 Å². The maximum absolute atomic E-state index is 10.8. The normalized spacial score (nSPS) is 19.9. The summed E-state index contributed by atoms with van der Waals surface area (Å²) in [6, 6.07) is 0. The number of nitrogens with zero attached hydrogens (tertiary/aromatic N) is 1. The van der Waals surface area contributed by atoms with Gasteiger partial charge in [-0.2, -0.15) is 0 Å². The van der Waals surface area contributed by atoms with Crippen LogP contribution in [0.3, 0.4) is 0 Å². The minimum absolute atomic E-state index is 0.247. The van der Waals surface area contributed by atoms with Gasteiger partial charge in [0, 0.05) is 13.1 Å². The minimum Gasteiger partial charge on any atom is -0.481 e. The summed E-state index contributed by atoms with van der Waals surface area (Å²) in [7, 11) is 0. The molecule has 1 atom stereocenters. The second-order valence-electron chi connectivity index (χ2n) is 5.10. The average Bonchev–Trinajstić information content (AvgIpc) is 2.29. The first-order valence-electron chi connectivity index (χ1n) is 6.58. The summed E-state index contributed by atoms with van der Waals surface area (Å²) in [6.45, 7) is 6.67. The van der Waals surface area contributed by atoms with Crippen LogP contribution in [-0.4, -0.2) is 35.6 Å². The van der Waals surface area contributed by atoms with Gasteiger partial charge in [-0.3, -0.25) is 4.79 Å². The molecule has 1 fully saturated rings. The third-order valence-corrected chi connectivity index (χ3v) is 3.64. The van der Waals surface area contributed by atoms with Gasteiger partial charge in [0.2, 0.25) is 0 Å². The first-order valence-corrected chi connectivity index (χ1v) is 6.58. The summed E-state index contributed by atoms with van der Waals surface area (Å²) in [4.78, 5) is 13.1. The van der Waals surface area contributed by atoms with Gasteiger partial charge in [-0.15, -0.1) is 0 Å². The summed E-state index contributed by atoms with van der Waals surface area (Å²) < 4.78 is 0. The van der Waals surface area contributed by atoms with Crippen molar-refractivity contribution in [3.63, 3.8) is 0 Å². The average molecular weight is 227 g/mol. The van der Waals surface area contributed by atoms with Crippen LogP contribution in [0.15, 0.2) is 0 Å². The lowest BCUT2D eigenvalue weighted by molar-refractivity contribution is -0.141. The highest BCUT2D eigenvalue weighted by Gasteiger charge is 2.19. The van der Waals surface area contributed by atoms with Crippen molar-refractivity contribution in [3.8, 4) is 0 Å². The molecule has 1 N–H and O–H groups in total. The molecule has 1 aliphatic rings. The standard InChI is InChI=1S/C13H25NO2/c1-3-14(9-11(2)13(15)16)10-12-7-5-4-6-8-12/h11-12H,3-10H2,1-2H3,(H,15,16). The topological polar surface area (TPSA) is 40.5 Å².